The van der Waals surface area contributed by atoms with Gasteiger partial charge in [-0.3, -0.25) is 14.3 Å². The number of aromatic nitrogens is 2. The third-order valence-electron chi connectivity index (χ3n) is 6.80. The second-order valence-corrected chi connectivity index (χ2v) is 10.5. The maximum absolute atomic E-state index is 13.5. The summed E-state index contributed by atoms with van der Waals surface area (Å²) in [5.41, 5.74) is -0.874. The fraction of sp³-hybridized carbons (Fsp3) is 0.379. The first-order chi connectivity index (χ1) is 21.1. The van der Waals surface area contributed by atoms with Crippen LogP contribution in [0.1, 0.15) is 31.7 Å². The number of nitrogens with zero attached hydrogens (tertiary/aromatic N) is 1. The highest BCUT2D eigenvalue weighted by Gasteiger charge is 2.44. The molecule has 236 valence electrons. The summed E-state index contributed by atoms with van der Waals surface area (Å²) < 4.78 is 45.1. The molecule has 0 spiro atoms. The summed E-state index contributed by atoms with van der Waals surface area (Å²) in [5.74, 6) is 0.0261. The molecule has 0 unspecified atom stereocenters. The topological polar surface area (TPSA) is 163 Å². The number of nitrogens with one attached hydrogen (secondary N) is 1. The summed E-state index contributed by atoms with van der Waals surface area (Å²) in [6.07, 6.45) is -0.815. The second-order valence-electron chi connectivity index (χ2n) is 9.34. The minimum Gasteiger partial charge on any atom is -0.493 e. The van der Waals surface area contributed by atoms with Gasteiger partial charge in [0.1, 0.15) is 5.37 Å². The van der Waals surface area contributed by atoms with Crippen LogP contribution in [0, 0.1) is 6.92 Å². The van der Waals surface area contributed by atoms with Crippen molar-refractivity contribution in [3.05, 3.63) is 68.0 Å². The van der Waals surface area contributed by atoms with Gasteiger partial charge in [0.2, 0.25) is 11.5 Å². The lowest BCUT2D eigenvalue weighted by Crippen LogP contribution is -2.41. The van der Waals surface area contributed by atoms with Crippen LogP contribution in [0.4, 0.5) is 0 Å². The number of aromatic amines is 1. The highest BCUT2D eigenvalue weighted by atomic mass is 32.2. The van der Waals surface area contributed by atoms with Crippen molar-refractivity contribution in [3.8, 4) is 34.5 Å². The summed E-state index contributed by atoms with van der Waals surface area (Å²) in [7, 11) is 8.48. The van der Waals surface area contributed by atoms with Crippen LogP contribution in [0.5, 0.6) is 34.5 Å². The molecule has 3 aromatic rings. The van der Waals surface area contributed by atoms with E-state index in [0.29, 0.717) is 0 Å². The van der Waals surface area contributed by atoms with E-state index in [1.165, 1.54) is 96.4 Å². The Bertz CT molecular complexity index is 1620. The molecule has 1 saturated heterocycles. The minimum atomic E-state index is -1.17. The summed E-state index contributed by atoms with van der Waals surface area (Å²) in [6.45, 7) is 1.53. The van der Waals surface area contributed by atoms with E-state index >= 15 is 0 Å². The van der Waals surface area contributed by atoms with Crippen LogP contribution in [-0.4, -0.2) is 82.1 Å². The molecule has 1 fully saturated rings. The van der Waals surface area contributed by atoms with E-state index in [-0.39, 0.29) is 56.9 Å². The predicted octanol–water partition coefficient (Wildman–Crippen LogP) is 2.59. The Morgan fingerprint density at radius 1 is 0.750 bits per heavy atom. The molecule has 1 aliphatic rings. The normalized spacial score (nSPS) is 17.4. The van der Waals surface area contributed by atoms with Gasteiger partial charge in [-0.2, -0.15) is 0 Å². The lowest BCUT2D eigenvalue weighted by atomic mass is 10.1. The van der Waals surface area contributed by atoms with E-state index in [0.717, 1.165) is 0 Å². The molecule has 1 aromatic heterocycles. The molecule has 0 radical (unpaired) electrons. The summed E-state index contributed by atoms with van der Waals surface area (Å²) in [6, 6.07) is 5.67. The van der Waals surface area contributed by atoms with Crippen LogP contribution in [0.3, 0.4) is 0 Å². The number of esters is 2. The summed E-state index contributed by atoms with van der Waals surface area (Å²) in [4.78, 5) is 54.1. The largest absolute Gasteiger partial charge is 0.493 e. The number of aryl methyl sites for hydroxylation is 1. The van der Waals surface area contributed by atoms with Crippen LogP contribution in [0.25, 0.3) is 0 Å². The van der Waals surface area contributed by atoms with Gasteiger partial charge in [-0.1, -0.05) is 0 Å². The number of benzene rings is 2. The van der Waals surface area contributed by atoms with Crippen LogP contribution in [-0.2, 0) is 9.47 Å². The minimum absolute atomic E-state index is 0.0508. The molecule has 0 amide bonds. The Kier molecular flexibility index (Phi) is 9.98. The molecule has 0 bridgehead atoms. The molecule has 2 aromatic carbocycles. The lowest BCUT2D eigenvalue weighted by Gasteiger charge is -2.25. The number of carbonyl (C=O) groups is 2. The Morgan fingerprint density at radius 3 is 1.64 bits per heavy atom. The van der Waals surface area contributed by atoms with Crippen LogP contribution < -0.4 is 39.7 Å². The van der Waals surface area contributed by atoms with Gasteiger partial charge in [0.25, 0.3) is 5.56 Å². The smallest absolute Gasteiger partial charge is 0.338 e. The first-order valence-electron chi connectivity index (χ1n) is 13.1. The van der Waals surface area contributed by atoms with Crippen molar-refractivity contribution in [2.24, 2.45) is 0 Å². The number of hydrogen-bond donors (Lipinski definition) is 1. The average molecular weight is 633 g/mol. The van der Waals surface area contributed by atoms with Crippen molar-refractivity contribution in [1.82, 2.24) is 9.55 Å². The highest BCUT2D eigenvalue weighted by molar-refractivity contribution is 7.99. The fourth-order valence-corrected chi connectivity index (χ4v) is 5.99. The van der Waals surface area contributed by atoms with Crippen molar-refractivity contribution < 1.29 is 47.5 Å². The predicted molar refractivity (Wildman–Crippen MR) is 158 cm³/mol. The number of rotatable bonds is 11. The standard InChI is InChI=1S/C29H32N2O12S/c1-14-12-31(29(35)30-25(14)32)26-24(43-28(34)16-10-19(38-4)23(41-7)20(11-16)39-5)21(13-44-26)42-27(33)15-8-17(36-2)22(40-6)18(9-15)37-3/h8-12,21,24,26H,13H2,1-7H3,(H,30,32,35)/t21-,24-,26-/m1/s1. The molecule has 4 rings (SSSR count). The molecular formula is C29H32N2O12S. The Labute approximate surface area is 256 Å². The maximum Gasteiger partial charge on any atom is 0.338 e. The van der Waals surface area contributed by atoms with Crippen LogP contribution >= 0.6 is 11.8 Å². The molecule has 14 nitrogen and oxygen atoms in total. The zero-order valence-corrected chi connectivity index (χ0v) is 25.9. The molecule has 2 heterocycles. The molecule has 44 heavy (non-hydrogen) atoms. The maximum atomic E-state index is 13.5. The average Bonchev–Trinajstić information content (AvgIpc) is 3.41. The third kappa shape index (κ3) is 6.27. The van der Waals surface area contributed by atoms with Gasteiger partial charge in [-0.05, 0) is 31.2 Å². The molecular weight excluding hydrogens is 600 g/mol. The van der Waals surface area contributed by atoms with Gasteiger partial charge in [-0.15, -0.1) is 11.8 Å². The van der Waals surface area contributed by atoms with Crippen molar-refractivity contribution >= 4 is 23.7 Å². The highest BCUT2D eigenvalue weighted by Crippen LogP contribution is 2.43. The van der Waals surface area contributed by atoms with Gasteiger partial charge < -0.3 is 37.9 Å². The van der Waals surface area contributed by atoms with Crippen molar-refractivity contribution in [1.29, 1.82) is 0 Å². The molecule has 1 aliphatic heterocycles. The number of H-pyrrole nitrogens is 1. The van der Waals surface area contributed by atoms with Crippen molar-refractivity contribution in [2.75, 3.05) is 48.4 Å². The number of hydrogen-bond acceptors (Lipinski definition) is 13. The van der Waals surface area contributed by atoms with E-state index < -0.39 is 40.8 Å². The quantitative estimate of drug-likeness (QED) is 0.307. The number of ether oxygens (including phenoxy) is 8. The van der Waals surface area contributed by atoms with Crippen molar-refractivity contribution in [2.45, 2.75) is 24.5 Å². The molecule has 0 aliphatic carbocycles. The first kappa shape index (κ1) is 32.1. The lowest BCUT2D eigenvalue weighted by molar-refractivity contribution is -0.0302. The molecule has 1 N–H and O–H groups in total. The monoisotopic (exact) mass is 632 g/mol. The molecule has 15 heteroatoms. The van der Waals surface area contributed by atoms with E-state index in [4.69, 9.17) is 37.9 Å². The number of carbonyl (C=O) groups excluding carboxylic acids is 2. The van der Waals surface area contributed by atoms with E-state index in [9.17, 15) is 19.2 Å². The van der Waals surface area contributed by atoms with E-state index in [1.54, 1.807) is 0 Å². The van der Waals surface area contributed by atoms with Gasteiger partial charge >= 0.3 is 17.6 Å². The summed E-state index contributed by atoms with van der Waals surface area (Å²) in [5, 5.41) is -0.859. The van der Waals surface area contributed by atoms with Gasteiger partial charge in [0, 0.05) is 17.5 Å². The summed E-state index contributed by atoms with van der Waals surface area (Å²) >= 11 is 1.21. The Hall–Kier alpha value is -4.79. The Morgan fingerprint density at radius 2 is 1.20 bits per heavy atom. The first-order valence-corrected chi connectivity index (χ1v) is 14.1. The second kappa shape index (κ2) is 13.7. The van der Waals surface area contributed by atoms with Gasteiger partial charge in [0.15, 0.2) is 35.2 Å². The zero-order chi connectivity index (χ0) is 32.1. The van der Waals surface area contributed by atoms with Crippen molar-refractivity contribution in [3.63, 3.8) is 0 Å². The zero-order valence-electron chi connectivity index (χ0n) is 25.1. The number of thioether (sulfide) groups is 1. The van der Waals surface area contributed by atoms with E-state index in [1.807, 2.05) is 0 Å². The fourth-order valence-electron chi connectivity index (χ4n) is 4.61. The Balaban J connectivity index is 1.72. The van der Waals surface area contributed by atoms with Crippen LogP contribution in [0.2, 0.25) is 0 Å². The SMILES string of the molecule is COc1cc(C(=O)O[C@H]2[C@H](n3cc(C)c(=O)[nH]c3=O)SC[C@H]2OC(=O)c2cc(OC)c(OC)c(OC)c2)cc(OC)c1OC. The van der Waals surface area contributed by atoms with Crippen LogP contribution in [0.15, 0.2) is 40.1 Å². The van der Waals surface area contributed by atoms with Gasteiger partial charge in [-0.25, -0.2) is 14.4 Å². The third-order valence-corrected chi connectivity index (χ3v) is 8.16. The van der Waals surface area contributed by atoms with Gasteiger partial charge in [0.05, 0.1) is 53.8 Å². The number of methoxy groups -OCH3 is 6. The molecule has 3 atom stereocenters. The molecule has 0 saturated carbocycles. The van der Waals surface area contributed by atoms with E-state index in [2.05, 4.69) is 4.98 Å².